The van der Waals surface area contributed by atoms with Crippen molar-refractivity contribution in [2.75, 3.05) is 20.8 Å². The van der Waals surface area contributed by atoms with Crippen LogP contribution in [0, 0.1) is 5.92 Å². The lowest BCUT2D eigenvalue weighted by Crippen LogP contribution is -2.36. The fourth-order valence-electron chi connectivity index (χ4n) is 3.01. The normalized spacial score (nSPS) is 21.2. The van der Waals surface area contributed by atoms with Crippen LogP contribution >= 0.6 is 0 Å². The lowest BCUT2D eigenvalue weighted by atomic mass is 9.86. The molecule has 1 aromatic rings. The summed E-state index contributed by atoms with van der Waals surface area (Å²) in [6, 6.07) is 5.84. The number of amides is 1. The lowest BCUT2D eigenvalue weighted by Gasteiger charge is -2.26. The molecule has 22 heavy (non-hydrogen) atoms. The number of ether oxygens (including phenoxy) is 2. The van der Waals surface area contributed by atoms with E-state index in [1.807, 2.05) is 18.2 Å². The zero-order valence-electron chi connectivity index (χ0n) is 13.4. The molecular formula is C17H26N2O3. The second-order valence-electron chi connectivity index (χ2n) is 5.96. The zero-order valence-corrected chi connectivity index (χ0v) is 13.4. The second kappa shape index (κ2) is 8.03. The molecular weight excluding hydrogens is 280 g/mol. The summed E-state index contributed by atoms with van der Waals surface area (Å²) in [7, 11) is 3.19. The smallest absolute Gasteiger partial charge is 0.224 e. The molecule has 1 aliphatic carbocycles. The van der Waals surface area contributed by atoms with Gasteiger partial charge in [-0.05, 0) is 42.9 Å². The molecule has 0 heterocycles. The molecule has 5 nitrogen and oxygen atoms in total. The molecule has 0 aliphatic heterocycles. The fraction of sp³-hybridized carbons (Fsp3) is 0.588. The summed E-state index contributed by atoms with van der Waals surface area (Å²) in [5.41, 5.74) is 6.89. The quantitative estimate of drug-likeness (QED) is 0.841. The van der Waals surface area contributed by atoms with Crippen molar-refractivity contribution in [1.29, 1.82) is 0 Å². The molecule has 1 saturated carbocycles. The Morgan fingerprint density at radius 2 is 2.05 bits per heavy atom. The van der Waals surface area contributed by atoms with E-state index < -0.39 is 0 Å². The molecule has 1 aliphatic rings. The minimum absolute atomic E-state index is 0.0337. The van der Waals surface area contributed by atoms with Crippen molar-refractivity contribution in [3.05, 3.63) is 23.8 Å². The van der Waals surface area contributed by atoms with Crippen LogP contribution in [0.25, 0.3) is 0 Å². The molecule has 122 valence electrons. The van der Waals surface area contributed by atoms with Gasteiger partial charge in [0.1, 0.15) is 0 Å². The third kappa shape index (κ3) is 4.63. The van der Waals surface area contributed by atoms with Crippen molar-refractivity contribution in [2.45, 2.75) is 38.1 Å². The number of methoxy groups -OCH3 is 2. The van der Waals surface area contributed by atoms with E-state index in [9.17, 15) is 4.79 Å². The molecule has 2 atom stereocenters. The van der Waals surface area contributed by atoms with Crippen LogP contribution in [-0.4, -0.2) is 32.7 Å². The van der Waals surface area contributed by atoms with Gasteiger partial charge in [0.2, 0.25) is 5.91 Å². The number of carbonyl (C=O) groups excluding carboxylic acids is 1. The van der Waals surface area contributed by atoms with Gasteiger partial charge in [0.05, 0.1) is 20.6 Å². The van der Waals surface area contributed by atoms with Crippen LogP contribution in [0.5, 0.6) is 11.5 Å². The Balaban J connectivity index is 1.84. The topological polar surface area (TPSA) is 73.6 Å². The van der Waals surface area contributed by atoms with Crippen molar-refractivity contribution in [3.63, 3.8) is 0 Å². The predicted octanol–water partition coefficient (Wildman–Crippen LogP) is 1.88. The Bertz CT molecular complexity index is 505. The first-order valence-electron chi connectivity index (χ1n) is 7.85. The summed E-state index contributed by atoms with van der Waals surface area (Å²) in [5.74, 6) is 1.86. The first-order chi connectivity index (χ1) is 10.6. The van der Waals surface area contributed by atoms with Gasteiger partial charge in [-0.25, -0.2) is 0 Å². The Kier molecular flexibility index (Phi) is 6.07. The Labute approximate surface area is 132 Å². The number of benzene rings is 1. The molecule has 1 fully saturated rings. The van der Waals surface area contributed by atoms with Crippen LogP contribution in [0.1, 0.15) is 31.2 Å². The van der Waals surface area contributed by atoms with E-state index in [4.69, 9.17) is 15.2 Å². The predicted molar refractivity (Wildman–Crippen MR) is 86.2 cm³/mol. The van der Waals surface area contributed by atoms with Crippen molar-refractivity contribution in [1.82, 2.24) is 5.32 Å². The van der Waals surface area contributed by atoms with E-state index >= 15 is 0 Å². The summed E-state index contributed by atoms with van der Waals surface area (Å²) in [6.07, 6.45) is 4.79. The molecule has 5 heteroatoms. The van der Waals surface area contributed by atoms with Crippen LogP contribution in [0.3, 0.4) is 0 Å². The van der Waals surface area contributed by atoms with E-state index in [1.54, 1.807) is 14.2 Å². The minimum Gasteiger partial charge on any atom is -0.493 e. The highest BCUT2D eigenvalue weighted by Gasteiger charge is 2.19. The maximum absolute atomic E-state index is 12.1. The molecule has 2 rings (SSSR count). The van der Waals surface area contributed by atoms with Crippen LogP contribution in [0.15, 0.2) is 18.2 Å². The average molecular weight is 306 g/mol. The largest absolute Gasteiger partial charge is 0.493 e. The molecule has 1 amide bonds. The monoisotopic (exact) mass is 306 g/mol. The highest BCUT2D eigenvalue weighted by Crippen LogP contribution is 2.27. The number of nitrogens with two attached hydrogens (primary N) is 1. The van der Waals surface area contributed by atoms with Gasteiger partial charge in [-0.1, -0.05) is 12.5 Å². The van der Waals surface area contributed by atoms with E-state index in [0.717, 1.165) is 37.8 Å². The lowest BCUT2D eigenvalue weighted by molar-refractivity contribution is -0.120. The van der Waals surface area contributed by atoms with Gasteiger partial charge in [0.15, 0.2) is 11.5 Å². The highest BCUT2D eigenvalue weighted by molar-refractivity contribution is 5.78. The van der Waals surface area contributed by atoms with Gasteiger partial charge >= 0.3 is 0 Å². The zero-order chi connectivity index (χ0) is 15.9. The van der Waals surface area contributed by atoms with Gasteiger partial charge in [-0.3, -0.25) is 4.79 Å². The SMILES string of the molecule is COc1ccc(CC(=O)NCC2CCCC(N)C2)cc1OC. The number of rotatable bonds is 6. The third-order valence-electron chi connectivity index (χ3n) is 4.22. The van der Waals surface area contributed by atoms with Gasteiger partial charge in [0.25, 0.3) is 0 Å². The molecule has 1 aromatic carbocycles. The Morgan fingerprint density at radius 1 is 1.27 bits per heavy atom. The Morgan fingerprint density at radius 3 is 2.73 bits per heavy atom. The van der Waals surface area contributed by atoms with Crippen LogP contribution in [0.4, 0.5) is 0 Å². The van der Waals surface area contributed by atoms with Crippen molar-refractivity contribution in [3.8, 4) is 11.5 Å². The van der Waals surface area contributed by atoms with Crippen LogP contribution in [-0.2, 0) is 11.2 Å². The van der Waals surface area contributed by atoms with E-state index in [2.05, 4.69) is 5.32 Å². The van der Waals surface area contributed by atoms with Gasteiger partial charge in [-0.2, -0.15) is 0 Å². The number of hydrogen-bond acceptors (Lipinski definition) is 4. The van der Waals surface area contributed by atoms with Gasteiger partial charge in [0, 0.05) is 12.6 Å². The number of nitrogens with one attached hydrogen (secondary N) is 1. The third-order valence-corrected chi connectivity index (χ3v) is 4.22. The maximum Gasteiger partial charge on any atom is 0.224 e. The Hall–Kier alpha value is -1.75. The van der Waals surface area contributed by atoms with Gasteiger partial charge < -0.3 is 20.5 Å². The van der Waals surface area contributed by atoms with E-state index in [1.165, 1.54) is 0 Å². The molecule has 0 radical (unpaired) electrons. The molecule has 0 aromatic heterocycles. The van der Waals surface area contributed by atoms with Crippen molar-refractivity contribution in [2.24, 2.45) is 11.7 Å². The standard InChI is InChI=1S/C17H26N2O3/c1-21-15-7-6-12(9-16(15)22-2)10-17(20)19-11-13-4-3-5-14(18)8-13/h6-7,9,13-14H,3-5,8,10-11,18H2,1-2H3,(H,19,20). The summed E-state index contributed by atoms with van der Waals surface area (Å²) >= 11 is 0. The molecule has 0 bridgehead atoms. The van der Waals surface area contributed by atoms with Crippen LogP contribution < -0.4 is 20.5 Å². The van der Waals surface area contributed by atoms with Crippen LogP contribution in [0.2, 0.25) is 0 Å². The second-order valence-corrected chi connectivity index (χ2v) is 5.96. The summed E-state index contributed by atoms with van der Waals surface area (Å²) in [4.78, 5) is 12.1. The number of hydrogen-bond donors (Lipinski definition) is 2. The number of carbonyl (C=O) groups is 1. The van der Waals surface area contributed by atoms with Crippen molar-refractivity contribution >= 4 is 5.91 Å². The summed E-state index contributed by atoms with van der Waals surface area (Å²) in [6.45, 7) is 0.722. The molecule has 3 N–H and O–H groups in total. The first kappa shape index (κ1) is 16.6. The molecule has 2 unspecified atom stereocenters. The molecule has 0 spiro atoms. The van der Waals surface area contributed by atoms with Crippen molar-refractivity contribution < 1.29 is 14.3 Å². The molecule has 0 saturated heterocycles. The highest BCUT2D eigenvalue weighted by atomic mass is 16.5. The fourth-order valence-corrected chi connectivity index (χ4v) is 3.01. The van der Waals surface area contributed by atoms with E-state index in [0.29, 0.717) is 29.9 Å². The van der Waals surface area contributed by atoms with Gasteiger partial charge in [-0.15, -0.1) is 0 Å². The van der Waals surface area contributed by atoms with E-state index in [-0.39, 0.29) is 5.91 Å². The minimum atomic E-state index is 0.0337. The first-order valence-corrected chi connectivity index (χ1v) is 7.85. The average Bonchev–Trinajstić information content (AvgIpc) is 2.53. The summed E-state index contributed by atoms with van der Waals surface area (Å²) < 4.78 is 10.5. The maximum atomic E-state index is 12.1. The summed E-state index contributed by atoms with van der Waals surface area (Å²) in [5, 5.41) is 3.02.